The first-order chi connectivity index (χ1) is 39.6. The van der Waals surface area contributed by atoms with E-state index in [9.17, 15) is 55.2 Å². The minimum Gasteiger partial charge on any atom is -0.457 e. The number of carbonyl (C=O) groups is 3. The van der Waals surface area contributed by atoms with E-state index in [1.807, 2.05) is 0 Å². The van der Waals surface area contributed by atoms with Gasteiger partial charge in [-0.05, 0) is 66.7 Å². The quantitative estimate of drug-likeness (QED) is 0.0489. The summed E-state index contributed by atoms with van der Waals surface area (Å²) in [4.78, 5) is 41.0. The highest BCUT2D eigenvalue weighted by Gasteiger charge is 2.58. The van der Waals surface area contributed by atoms with Crippen LogP contribution in [0.2, 0.25) is 0 Å². The molecule has 0 saturated carbocycles. The molecule has 2 bridgehead atoms. The lowest BCUT2D eigenvalue weighted by Crippen LogP contribution is -2.68. The Morgan fingerprint density at radius 1 is 0.482 bits per heavy atom. The standard InChI is InChI=1S/C59H102O24/c1-10-13-15-19-24-29-38(61)78-53-52(83-55-44(67)41(64)39(62)31(5)71-55)49(80-56-45(68)43(66)47(33(7)73-56)79-54(70)30(4)12-3)35(9)75-59(53)81-48-34(8)74-57-46(69)50(48)77-37(60)28-25-21-18-16-17-20-23-27-36(26-22-14-11-2)76-58-51(82-57)42(65)40(63)32(6)72-58/h30-36,39-53,55-59,62-69H,10-29H2,1-9H3/t30-,31-,32+,33-,34-,35-,36-,39-,40-,41+,42-,43-,44+,45+,46+,47-,48-,49-,50-,51+,52+,53+,55-,56-,57-,58-,59-/m0/s1. The van der Waals surface area contributed by atoms with E-state index in [4.69, 9.17) is 61.6 Å². The lowest BCUT2D eigenvalue weighted by Gasteiger charge is -2.51. The first-order valence-electron chi connectivity index (χ1n) is 31.2. The van der Waals surface area contributed by atoms with Crippen LogP contribution in [0.1, 0.15) is 191 Å². The summed E-state index contributed by atoms with van der Waals surface area (Å²) in [7, 11) is 0. The third-order valence-corrected chi connectivity index (χ3v) is 17.2. The SMILES string of the molecule is CCCCCCCC(=O)O[C@H]1[C@H](O[C@@H]2[C@H]3OC(=O)CCCCCCCCC[C@H](CCCCC)O[C@@H]4O[C@H](C)[C@H](O)[C@H](O)[C@H]4O[C@H](O[C@H]2C)[C@@H]3O)O[C@@H](C)[C@H](O[C@@H]2O[C@@H](C)[C@H](OC(=O)[C@@H](C)CC)[C@@H](O)[C@H]2O)[C@H]1O[C@@H]1O[C@@H](C)[C@H](O)[C@@H](O)[C@H]1O. The minimum atomic E-state index is -1.90. The normalized spacial score (nSPS) is 43.1. The highest BCUT2D eigenvalue weighted by atomic mass is 16.8. The van der Waals surface area contributed by atoms with Gasteiger partial charge in [-0.15, -0.1) is 0 Å². The van der Waals surface area contributed by atoms with E-state index in [0.29, 0.717) is 32.1 Å². The molecule has 6 fully saturated rings. The zero-order valence-electron chi connectivity index (χ0n) is 50.3. The van der Waals surface area contributed by atoms with Crippen LogP contribution in [-0.2, 0) is 76.0 Å². The van der Waals surface area contributed by atoms with Crippen LogP contribution in [0.15, 0.2) is 0 Å². The first-order valence-corrected chi connectivity index (χ1v) is 31.2. The van der Waals surface area contributed by atoms with E-state index in [1.165, 1.54) is 20.8 Å². The molecule has 8 N–H and O–H groups in total. The summed E-state index contributed by atoms with van der Waals surface area (Å²) in [6.45, 7) is 15.3. The highest BCUT2D eigenvalue weighted by molar-refractivity contribution is 5.72. The van der Waals surface area contributed by atoms with Crippen molar-refractivity contribution in [3.8, 4) is 0 Å². The Bertz CT molecular complexity index is 1920. The van der Waals surface area contributed by atoms with Gasteiger partial charge in [0.2, 0.25) is 0 Å². The van der Waals surface area contributed by atoms with Crippen molar-refractivity contribution >= 4 is 17.9 Å². The largest absolute Gasteiger partial charge is 0.457 e. The van der Waals surface area contributed by atoms with Crippen molar-refractivity contribution in [3.05, 3.63) is 0 Å². The zero-order chi connectivity index (χ0) is 60.7. The second-order valence-corrected chi connectivity index (χ2v) is 23.9. The fourth-order valence-corrected chi connectivity index (χ4v) is 11.6. The number of carbonyl (C=O) groups excluding carboxylic acids is 3. The summed E-state index contributed by atoms with van der Waals surface area (Å²) in [6.07, 6.45) is -23.8. The summed E-state index contributed by atoms with van der Waals surface area (Å²) in [5.41, 5.74) is 0. The Labute approximate surface area is 489 Å². The molecule has 6 saturated heterocycles. The Balaban J connectivity index is 1.37. The number of ether oxygens (including phenoxy) is 13. The van der Waals surface area contributed by atoms with Gasteiger partial charge in [-0.3, -0.25) is 14.4 Å². The molecule has 6 heterocycles. The van der Waals surface area contributed by atoms with Crippen LogP contribution in [0.3, 0.4) is 0 Å². The fraction of sp³-hybridized carbons (Fsp3) is 0.949. The van der Waals surface area contributed by atoms with Gasteiger partial charge < -0.3 is 102 Å². The van der Waals surface area contributed by atoms with E-state index < -0.39 is 177 Å². The van der Waals surface area contributed by atoms with Crippen molar-refractivity contribution < 1.29 is 117 Å². The smallest absolute Gasteiger partial charge is 0.309 e. The average Bonchev–Trinajstić information content (AvgIpc) is 3.52. The molecule has 6 rings (SSSR count). The molecule has 6 aliphatic rings. The van der Waals surface area contributed by atoms with Gasteiger partial charge in [0, 0.05) is 12.8 Å². The van der Waals surface area contributed by atoms with E-state index in [2.05, 4.69) is 13.8 Å². The van der Waals surface area contributed by atoms with Gasteiger partial charge in [0.1, 0.15) is 73.2 Å². The van der Waals surface area contributed by atoms with Crippen molar-refractivity contribution in [2.75, 3.05) is 0 Å². The maximum absolute atomic E-state index is 14.2. The Morgan fingerprint density at radius 2 is 1.02 bits per heavy atom. The molecule has 0 aromatic heterocycles. The van der Waals surface area contributed by atoms with Gasteiger partial charge in [0.05, 0.1) is 42.5 Å². The number of aliphatic hydroxyl groups is 8. The van der Waals surface area contributed by atoms with E-state index in [0.717, 1.165) is 83.5 Å². The van der Waals surface area contributed by atoms with Gasteiger partial charge in [-0.1, -0.05) is 111 Å². The lowest BCUT2D eigenvalue weighted by atomic mass is 9.95. The molecule has 0 aromatic carbocycles. The topological polar surface area (TPSA) is 333 Å². The van der Waals surface area contributed by atoms with Crippen LogP contribution in [0.25, 0.3) is 0 Å². The maximum Gasteiger partial charge on any atom is 0.309 e. The molecule has 0 aromatic rings. The van der Waals surface area contributed by atoms with Crippen molar-refractivity contribution in [1.82, 2.24) is 0 Å². The summed E-state index contributed by atoms with van der Waals surface area (Å²) < 4.78 is 82.1. The number of aliphatic hydroxyl groups excluding tert-OH is 8. The summed E-state index contributed by atoms with van der Waals surface area (Å²) in [5.74, 6) is -2.58. The van der Waals surface area contributed by atoms with Crippen LogP contribution in [-0.4, -0.2) is 218 Å². The molecular weight excluding hydrogens is 1090 g/mol. The number of unbranched alkanes of at least 4 members (excludes halogenated alkanes) is 6. The zero-order valence-corrected chi connectivity index (χ0v) is 50.3. The number of esters is 3. The molecular formula is C59H102O24. The number of fused-ring (bicyclic) bond motifs is 3. The third-order valence-electron chi connectivity index (χ3n) is 17.2. The van der Waals surface area contributed by atoms with Crippen LogP contribution in [0.4, 0.5) is 0 Å². The van der Waals surface area contributed by atoms with Gasteiger partial charge in [0.15, 0.2) is 49.8 Å². The molecule has 482 valence electrons. The predicted octanol–water partition coefficient (Wildman–Crippen LogP) is 3.77. The second-order valence-electron chi connectivity index (χ2n) is 23.9. The van der Waals surface area contributed by atoms with Crippen molar-refractivity contribution in [2.24, 2.45) is 5.92 Å². The Morgan fingerprint density at radius 3 is 1.71 bits per heavy atom. The van der Waals surface area contributed by atoms with Crippen molar-refractivity contribution in [2.45, 2.75) is 350 Å². The molecule has 24 nitrogen and oxygen atoms in total. The van der Waals surface area contributed by atoms with Gasteiger partial charge in [0.25, 0.3) is 0 Å². The van der Waals surface area contributed by atoms with Gasteiger partial charge in [-0.2, -0.15) is 0 Å². The van der Waals surface area contributed by atoms with Crippen molar-refractivity contribution in [1.29, 1.82) is 0 Å². The van der Waals surface area contributed by atoms with E-state index >= 15 is 0 Å². The number of hydrogen-bond donors (Lipinski definition) is 8. The first kappa shape index (κ1) is 69.8. The molecule has 83 heavy (non-hydrogen) atoms. The Kier molecular flexibility index (Phi) is 28.5. The summed E-state index contributed by atoms with van der Waals surface area (Å²) in [5, 5.41) is 91.5. The molecule has 24 heteroatoms. The molecule has 0 aliphatic carbocycles. The van der Waals surface area contributed by atoms with Crippen LogP contribution in [0.5, 0.6) is 0 Å². The van der Waals surface area contributed by atoms with Gasteiger partial charge >= 0.3 is 17.9 Å². The number of rotatable bonds is 20. The van der Waals surface area contributed by atoms with E-state index in [-0.39, 0.29) is 18.9 Å². The van der Waals surface area contributed by atoms with Crippen LogP contribution in [0, 0.1) is 5.92 Å². The predicted molar refractivity (Wildman–Crippen MR) is 292 cm³/mol. The van der Waals surface area contributed by atoms with Gasteiger partial charge in [-0.25, -0.2) is 0 Å². The molecule has 6 aliphatic heterocycles. The summed E-state index contributed by atoms with van der Waals surface area (Å²) >= 11 is 0. The van der Waals surface area contributed by atoms with Crippen LogP contribution >= 0.6 is 0 Å². The number of hydrogen-bond acceptors (Lipinski definition) is 24. The van der Waals surface area contributed by atoms with E-state index in [1.54, 1.807) is 27.7 Å². The molecule has 0 spiro atoms. The van der Waals surface area contributed by atoms with Crippen molar-refractivity contribution in [3.63, 3.8) is 0 Å². The maximum atomic E-state index is 14.2. The minimum absolute atomic E-state index is 0.0260. The fourth-order valence-electron chi connectivity index (χ4n) is 11.6. The molecule has 27 atom stereocenters. The average molecular weight is 1200 g/mol. The molecule has 0 amide bonds. The second kappa shape index (κ2) is 33.9. The third kappa shape index (κ3) is 18.9. The lowest BCUT2D eigenvalue weighted by molar-refractivity contribution is -0.399. The molecule has 0 unspecified atom stereocenters. The summed E-state index contributed by atoms with van der Waals surface area (Å²) in [6, 6.07) is 0. The highest BCUT2D eigenvalue weighted by Crippen LogP contribution is 2.39. The van der Waals surface area contributed by atoms with Crippen LogP contribution < -0.4 is 0 Å². The monoisotopic (exact) mass is 1190 g/mol. The molecule has 0 radical (unpaired) electrons. The Hall–Kier alpha value is -2.31.